The first-order valence-corrected chi connectivity index (χ1v) is 8.76. The van der Waals surface area contributed by atoms with Crippen LogP contribution >= 0.6 is 15.9 Å². The predicted octanol–water partition coefficient (Wildman–Crippen LogP) is 2.26. The third-order valence-electron chi connectivity index (χ3n) is 3.70. The molecule has 20 heavy (non-hydrogen) atoms. The summed E-state index contributed by atoms with van der Waals surface area (Å²) in [5.41, 5.74) is -0.0322. The summed E-state index contributed by atoms with van der Waals surface area (Å²) >= 11 is 3.00. The van der Waals surface area contributed by atoms with Crippen LogP contribution in [0, 0.1) is 11.2 Å². The molecule has 0 aliphatic carbocycles. The van der Waals surface area contributed by atoms with E-state index in [1.807, 2.05) is 0 Å². The van der Waals surface area contributed by atoms with Crippen LogP contribution in [0.25, 0.3) is 0 Å². The molecule has 0 spiro atoms. The standard InChI is InChI=1S/C13H18BrFN2O2S/c1-13(4-6-16-7-5-13)9-17-20(18,19)10-2-3-12(15)11(14)8-10/h2-3,8,16-17H,4-7,9H2,1H3. The van der Waals surface area contributed by atoms with Crippen molar-refractivity contribution in [2.75, 3.05) is 19.6 Å². The van der Waals surface area contributed by atoms with Gasteiger partial charge < -0.3 is 5.32 Å². The quantitative estimate of drug-likeness (QED) is 0.861. The summed E-state index contributed by atoms with van der Waals surface area (Å²) in [6.07, 6.45) is 1.87. The van der Waals surface area contributed by atoms with Gasteiger partial charge in [0.05, 0.1) is 9.37 Å². The highest BCUT2D eigenvalue weighted by molar-refractivity contribution is 9.10. The number of hydrogen-bond acceptors (Lipinski definition) is 3. The van der Waals surface area contributed by atoms with E-state index in [9.17, 15) is 12.8 Å². The molecule has 2 rings (SSSR count). The first kappa shape index (κ1) is 15.9. The Balaban J connectivity index is 2.09. The van der Waals surface area contributed by atoms with Crippen molar-refractivity contribution in [3.8, 4) is 0 Å². The molecule has 1 aliphatic rings. The van der Waals surface area contributed by atoms with E-state index in [4.69, 9.17) is 0 Å². The van der Waals surface area contributed by atoms with E-state index in [2.05, 4.69) is 32.9 Å². The zero-order chi connectivity index (χ0) is 14.8. The second kappa shape index (κ2) is 6.09. The maximum Gasteiger partial charge on any atom is 0.240 e. The molecular weight excluding hydrogens is 347 g/mol. The highest BCUT2D eigenvalue weighted by Gasteiger charge is 2.28. The first-order chi connectivity index (χ1) is 9.32. The van der Waals surface area contributed by atoms with E-state index in [1.165, 1.54) is 12.1 Å². The highest BCUT2D eigenvalue weighted by atomic mass is 79.9. The smallest absolute Gasteiger partial charge is 0.240 e. The molecule has 0 radical (unpaired) electrons. The molecule has 0 saturated carbocycles. The Kier molecular flexibility index (Phi) is 4.84. The summed E-state index contributed by atoms with van der Waals surface area (Å²) in [5, 5.41) is 3.26. The number of halogens is 2. The Morgan fingerprint density at radius 1 is 1.40 bits per heavy atom. The molecule has 0 aromatic heterocycles. The third kappa shape index (κ3) is 3.78. The van der Waals surface area contributed by atoms with Gasteiger partial charge in [0, 0.05) is 6.54 Å². The minimum absolute atomic E-state index is 0.0322. The molecule has 4 nitrogen and oxygen atoms in total. The van der Waals surface area contributed by atoms with E-state index in [0.29, 0.717) is 6.54 Å². The Morgan fingerprint density at radius 3 is 2.65 bits per heavy atom. The van der Waals surface area contributed by atoms with Gasteiger partial charge in [0.1, 0.15) is 5.82 Å². The van der Waals surface area contributed by atoms with Crippen LogP contribution in [0.4, 0.5) is 4.39 Å². The van der Waals surface area contributed by atoms with Crippen LogP contribution in [-0.4, -0.2) is 28.1 Å². The number of sulfonamides is 1. The van der Waals surface area contributed by atoms with Gasteiger partial charge in [-0.15, -0.1) is 0 Å². The molecule has 2 N–H and O–H groups in total. The molecular formula is C13H18BrFN2O2S. The Bertz CT molecular complexity index is 586. The molecule has 0 amide bonds. The molecule has 112 valence electrons. The lowest BCUT2D eigenvalue weighted by atomic mass is 9.81. The maximum atomic E-state index is 13.2. The minimum Gasteiger partial charge on any atom is -0.317 e. The zero-order valence-corrected chi connectivity index (χ0v) is 13.7. The normalized spacial score (nSPS) is 18.9. The fourth-order valence-electron chi connectivity index (χ4n) is 2.20. The molecule has 1 heterocycles. The Labute approximate surface area is 127 Å². The van der Waals surface area contributed by atoms with Gasteiger partial charge in [0.15, 0.2) is 0 Å². The number of benzene rings is 1. The lowest BCUT2D eigenvalue weighted by Crippen LogP contribution is -2.42. The molecule has 1 fully saturated rings. The summed E-state index contributed by atoms with van der Waals surface area (Å²) < 4.78 is 40.4. The van der Waals surface area contributed by atoms with E-state index in [-0.39, 0.29) is 14.8 Å². The summed E-state index contributed by atoms with van der Waals surface area (Å²) in [4.78, 5) is 0.0725. The summed E-state index contributed by atoms with van der Waals surface area (Å²) in [5.74, 6) is -0.478. The lowest BCUT2D eigenvalue weighted by Gasteiger charge is -2.34. The number of hydrogen-bond donors (Lipinski definition) is 2. The van der Waals surface area contributed by atoms with Crippen molar-refractivity contribution in [2.45, 2.75) is 24.7 Å². The predicted molar refractivity (Wildman–Crippen MR) is 79.5 cm³/mol. The van der Waals surface area contributed by atoms with E-state index in [1.54, 1.807) is 0 Å². The first-order valence-electron chi connectivity index (χ1n) is 6.48. The van der Waals surface area contributed by atoms with Crippen LogP contribution in [0.5, 0.6) is 0 Å². The largest absolute Gasteiger partial charge is 0.317 e. The van der Waals surface area contributed by atoms with Gasteiger partial charge in [0.25, 0.3) is 0 Å². The monoisotopic (exact) mass is 364 g/mol. The van der Waals surface area contributed by atoms with Crippen molar-refractivity contribution in [1.29, 1.82) is 0 Å². The topological polar surface area (TPSA) is 58.2 Å². The second-order valence-corrected chi connectivity index (χ2v) is 8.08. The van der Waals surface area contributed by atoms with Gasteiger partial charge in [-0.1, -0.05) is 6.92 Å². The Morgan fingerprint density at radius 2 is 2.05 bits per heavy atom. The molecule has 1 saturated heterocycles. The van der Waals surface area contributed by atoms with Gasteiger partial charge in [0.2, 0.25) is 10.0 Å². The number of nitrogens with one attached hydrogen (secondary N) is 2. The molecule has 1 aromatic carbocycles. The molecule has 1 aromatic rings. The number of piperidine rings is 1. The average Bonchev–Trinajstić information content (AvgIpc) is 2.41. The van der Waals surface area contributed by atoms with Crippen molar-refractivity contribution in [3.63, 3.8) is 0 Å². The minimum atomic E-state index is -3.60. The van der Waals surface area contributed by atoms with Gasteiger partial charge in [-0.3, -0.25) is 0 Å². The molecule has 0 unspecified atom stereocenters. The van der Waals surface area contributed by atoms with Crippen LogP contribution in [-0.2, 0) is 10.0 Å². The van der Waals surface area contributed by atoms with Crippen molar-refractivity contribution in [3.05, 3.63) is 28.5 Å². The average molecular weight is 365 g/mol. The van der Waals surface area contributed by atoms with Crippen molar-refractivity contribution < 1.29 is 12.8 Å². The zero-order valence-electron chi connectivity index (χ0n) is 11.2. The third-order valence-corrected chi connectivity index (χ3v) is 5.71. The van der Waals surface area contributed by atoms with E-state index in [0.717, 1.165) is 32.0 Å². The van der Waals surface area contributed by atoms with Crippen molar-refractivity contribution in [2.24, 2.45) is 5.41 Å². The fraction of sp³-hybridized carbons (Fsp3) is 0.538. The summed E-state index contributed by atoms with van der Waals surface area (Å²) in [6, 6.07) is 3.69. The molecule has 0 atom stereocenters. The molecule has 0 bridgehead atoms. The van der Waals surface area contributed by atoms with E-state index < -0.39 is 15.8 Å². The van der Waals surface area contributed by atoms with Crippen LogP contribution < -0.4 is 10.0 Å². The van der Waals surface area contributed by atoms with E-state index >= 15 is 0 Å². The van der Waals surface area contributed by atoms with Crippen LogP contribution in [0.2, 0.25) is 0 Å². The van der Waals surface area contributed by atoms with Crippen molar-refractivity contribution in [1.82, 2.24) is 10.0 Å². The van der Waals surface area contributed by atoms with Gasteiger partial charge in [-0.2, -0.15) is 0 Å². The molecule has 1 aliphatic heterocycles. The number of rotatable bonds is 4. The summed E-state index contributed by atoms with van der Waals surface area (Å²) in [7, 11) is -3.60. The second-order valence-electron chi connectivity index (χ2n) is 5.46. The van der Waals surface area contributed by atoms with Gasteiger partial charge in [-0.05, 0) is 65.5 Å². The SMILES string of the molecule is CC1(CNS(=O)(=O)c2ccc(F)c(Br)c2)CCNCC1. The lowest BCUT2D eigenvalue weighted by molar-refractivity contribution is 0.232. The van der Waals surface area contributed by atoms with Crippen LogP contribution in [0.15, 0.2) is 27.6 Å². The van der Waals surface area contributed by atoms with Gasteiger partial charge >= 0.3 is 0 Å². The van der Waals surface area contributed by atoms with Crippen molar-refractivity contribution >= 4 is 26.0 Å². The Hall–Kier alpha value is -0.500. The maximum absolute atomic E-state index is 13.2. The fourth-order valence-corrected chi connectivity index (χ4v) is 3.96. The van der Waals surface area contributed by atoms with Gasteiger partial charge in [-0.25, -0.2) is 17.5 Å². The molecule has 7 heteroatoms. The summed E-state index contributed by atoms with van der Waals surface area (Å²) in [6.45, 7) is 4.28. The van der Waals surface area contributed by atoms with Crippen LogP contribution in [0.3, 0.4) is 0 Å². The van der Waals surface area contributed by atoms with Crippen LogP contribution in [0.1, 0.15) is 19.8 Å². The highest BCUT2D eigenvalue weighted by Crippen LogP contribution is 2.27.